The van der Waals surface area contributed by atoms with Crippen molar-refractivity contribution < 1.29 is 36.2 Å². The van der Waals surface area contributed by atoms with Gasteiger partial charge in [0.25, 0.3) is 0 Å². The fourth-order valence-electron chi connectivity index (χ4n) is 0.714. The molecule has 0 aliphatic heterocycles. The fraction of sp³-hybridized carbons (Fsp3) is 0.500. The SMILES string of the molecule is O=C(O)CC(O)(CC(=O)O)C(=O)O.[H+].[NaH].[NaH].[NaH]. The molecule has 4 N–H and O–H groups in total. The van der Waals surface area contributed by atoms with E-state index in [0.29, 0.717) is 0 Å². The predicted octanol–water partition coefficient (Wildman–Crippen LogP) is -3.08. The van der Waals surface area contributed by atoms with Crippen LogP contribution in [0.2, 0.25) is 0 Å². The molecule has 0 radical (unpaired) electrons. The van der Waals surface area contributed by atoms with Crippen molar-refractivity contribution in [3.05, 3.63) is 0 Å². The van der Waals surface area contributed by atoms with Crippen LogP contribution in [0.5, 0.6) is 0 Å². The number of aliphatic hydroxyl groups is 1. The van der Waals surface area contributed by atoms with E-state index < -0.39 is 36.4 Å². The van der Waals surface area contributed by atoms with Gasteiger partial charge in [0.05, 0.1) is 12.8 Å². The van der Waals surface area contributed by atoms with E-state index in [2.05, 4.69) is 0 Å². The summed E-state index contributed by atoms with van der Waals surface area (Å²) >= 11 is 0. The van der Waals surface area contributed by atoms with Crippen molar-refractivity contribution in [1.82, 2.24) is 0 Å². The zero-order chi connectivity index (χ0) is 10.6. The summed E-state index contributed by atoms with van der Waals surface area (Å²) in [5, 5.41) is 33.8. The molecule has 0 aromatic carbocycles. The van der Waals surface area contributed by atoms with Crippen LogP contribution in [0.1, 0.15) is 14.3 Å². The van der Waals surface area contributed by atoms with Gasteiger partial charge in [-0.25, -0.2) is 4.79 Å². The fourth-order valence-corrected chi connectivity index (χ4v) is 0.714. The van der Waals surface area contributed by atoms with Gasteiger partial charge in [0.2, 0.25) is 0 Å². The molecule has 0 amide bonds. The second-order valence-electron chi connectivity index (χ2n) is 2.48. The van der Waals surface area contributed by atoms with Gasteiger partial charge in [0.15, 0.2) is 5.60 Å². The van der Waals surface area contributed by atoms with Gasteiger partial charge >= 0.3 is 108 Å². The number of carbonyl (C=O) groups is 3. The van der Waals surface area contributed by atoms with Crippen LogP contribution >= 0.6 is 0 Å². The first-order valence-electron chi connectivity index (χ1n) is 3.17. The Bertz CT molecular complexity index is 244. The zero-order valence-corrected chi connectivity index (χ0v) is 6.43. The van der Waals surface area contributed by atoms with E-state index in [4.69, 9.17) is 20.4 Å². The summed E-state index contributed by atoms with van der Waals surface area (Å²) < 4.78 is 0. The number of carboxylic acid groups (broad SMARTS) is 3. The molecule has 0 fully saturated rings. The predicted molar refractivity (Wildman–Crippen MR) is 59.7 cm³/mol. The van der Waals surface area contributed by atoms with Crippen molar-refractivity contribution in [3.8, 4) is 0 Å². The van der Waals surface area contributed by atoms with Crippen LogP contribution in [0.3, 0.4) is 0 Å². The molecule has 10 heteroatoms. The van der Waals surface area contributed by atoms with Crippen LogP contribution in [-0.4, -0.2) is 133 Å². The quantitative estimate of drug-likeness (QED) is 0.387. The molecule has 7 nitrogen and oxygen atoms in total. The Morgan fingerprint density at radius 2 is 1.12 bits per heavy atom. The van der Waals surface area contributed by atoms with E-state index in [0.717, 1.165) is 0 Å². The normalized spacial score (nSPS) is 8.81. The number of carboxylic acids is 3. The Kier molecular flexibility index (Phi) is 18.7. The Morgan fingerprint density at radius 3 is 1.25 bits per heavy atom. The monoisotopic (exact) mass is 265 g/mol. The van der Waals surface area contributed by atoms with Gasteiger partial charge in [-0.3, -0.25) is 9.59 Å². The average molecular weight is 265 g/mol. The molecule has 0 saturated carbocycles. The molecular formula is C6H12Na3O7+. The minimum atomic E-state index is -2.74. The molecule has 16 heavy (non-hydrogen) atoms. The number of hydrogen-bond donors (Lipinski definition) is 4. The molecule has 0 bridgehead atoms. The van der Waals surface area contributed by atoms with Gasteiger partial charge in [-0.05, 0) is 0 Å². The summed E-state index contributed by atoms with van der Waals surface area (Å²) in [5.74, 6) is -5.02. The molecular weight excluding hydrogens is 253 g/mol. The molecule has 80 valence electrons. The van der Waals surface area contributed by atoms with Crippen LogP contribution in [0.15, 0.2) is 0 Å². The van der Waals surface area contributed by atoms with Crippen molar-refractivity contribution in [2.24, 2.45) is 0 Å². The maximum atomic E-state index is 10.3. The van der Waals surface area contributed by atoms with Crippen LogP contribution in [0.25, 0.3) is 0 Å². The Balaban J connectivity index is -0.000000120. The molecule has 0 unspecified atom stereocenters. The summed E-state index contributed by atoms with van der Waals surface area (Å²) in [4.78, 5) is 30.5. The third kappa shape index (κ3) is 10.5. The van der Waals surface area contributed by atoms with Gasteiger partial charge < -0.3 is 20.4 Å². The van der Waals surface area contributed by atoms with E-state index in [1.807, 2.05) is 0 Å². The Hall–Kier alpha value is 1.37. The first-order chi connectivity index (χ1) is 5.78. The van der Waals surface area contributed by atoms with Crippen molar-refractivity contribution in [1.29, 1.82) is 0 Å². The van der Waals surface area contributed by atoms with Crippen LogP contribution in [-0.2, 0) is 14.4 Å². The summed E-state index contributed by atoms with van der Waals surface area (Å²) in [6, 6.07) is 0. The van der Waals surface area contributed by atoms with Gasteiger partial charge in [-0.1, -0.05) is 0 Å². The number of aliphatic carboxylic acids is 3. The van der Waals surface area contributed by atoms with E-state index in [-0.39, 0.29) is 90.1 Å². The maximum absolute atomic E-state index is 10.3. The van der Waals surface area contributed by atoms with Crippen molar-refractivity contribution in [2.75, 3.05) is 0 Å². The zero-order valence-electron chi connectivity index (χ0n) is 7.43. The third-order valence-corrected chi connectivity index (χ3v) is 1.29. The summed E-state index contributed by atoms with van der Waals surface area (Å²) in [5.41, 5.74) is -2.74. The van der Waals surface area contributed by atoms with Crippen molar-refractivity contribution in [2.45, 2.75) is 18.4 Å². The number of rotatable bonds is 5. The Labute approximate surface area is 159 Å². The van der Waals surface area contributed by atoms with Crippen molar-refractivity contribution >= 4 is 107 Å². The minimum absolute atomic E-state index is 0. The van der Waals surface area contributed by atoms with E-state index >= 15 is 0 Å². The van der Waals surface area contributed by atoms with Crippen molar-refractivity contribution in [3.63, 3.8) is 0 Å². The van der Waals surface area contributed by atoms with Crippen LogP contribution in [0.4, 0.5) is 0 Å². The van der Waals surface area contributed by atoms with Gasteiger partial charge in [-0.15, -0.1) is 0 Å². The second kappa shape index (κ2) is 11.5. The Morgan fingerprint density at radius 1 is 0.875 bits per heavy atom. The van der Waals surface area contributed by atoms with Gasteiger partial charge in [0, 0.05) is 0 Å². The first kappa shape index (κ1) is 26.0. The molecule has 0 aromatic rings. The third-order valence-electron chi connectivity index (χ3n) is 1.29. The van der Waals surface area contributed by atoms with Crippen LogP contribution in [0, 0.1) is 0 Å². The molecule has 0 spiro atoms. The molecule has 0 aliphatic rings. The van der Waals surface area contributed by atoms with Gasteiger partial charge in [-0.2, -0.15) is 0 Å². The first-order valence-corrected chi connectivity index (χ1v) is 3.17. The number of hydrogen-bond acceptors (Lipinski definition) is 4. The molecule has 0 atom stereocenters. The molecule has 0 aromatic heterocycles. The molecule has 0 rings (SSSR count). The van der Waals surface area contributed by atoms with E-state index in [1.54, 1.807) is 0 Å². The molecule has 0 aliphatic carbocycles. The van der Waals surface area contributed by atoms with E-state index in [9.17, 15) is 14.4 Å². The summed E-state index contributed by atoms with van der Waals surface area (Å²) in [7, 11) is 0. The summed E-state index contributed by atoms with van der Waals surface area (Å²) in [6.45, 7) is 0. The van der Waals surface area contributed by atoms with Crippen LogP contribution < -0.4 is 0 Å². The molecule has 0 heterocycles. The second-order valence-corrected chi connectivity index (χ2v) is 2.48. The standard InChI is InChI=1S/C6H8O7.3Na.3H/c7-3(8)1-6(13,5(11)12)2-4(9)10;;;;;;/h13H,1-2H2,(H,7,8)(H,9,10)(H,11,12);;;;;;/p+1. The molecule has 0 saturated heterocycles. The average Bonchev–Trinajstić information content (AvgIpc) is 1.82. The van der Waals surface area contributed by atoms with E-state index in [1.165, 1.54) is 0 Å². The topological polar surface area (TPSA) is 132 Å². The van der Waals surface area contributed by atoms with Gasteiger partial charge in [0.1, 0.15) is 0 Å². The summed E-state index contributed by atoms with van der Waals surface area (Å²) in [6.07, 6.45) is -2.29.